The molecule has 64 valence electrons. The summed E-state index contributed by atoms with van der Waals surface area (Å²) in [6, 6.07) is 7.21. The second-order valence-corrected chi connectivity index (χ2v) is 2.62. The molecule has 0 unspecified atom stereocenters. The van der Waals surface area contributed by atoms with Crippen LogP contribution < -0.4 is 4.90 Å². The highest BCUT2D eigenvalue weighted by Gasteiger charge is 1.96. The third-order valence-corrected chi connectivity index (χ3v) is 1.87. The van der Waals surface area contributed by atoms with E-state index >= 15 is 0 Å². The molecule has 0 saturated carbocycles. The molecule has 0 fully saturated rings. The SMILES string of the molecule is CCN(C)c1ccc(N=O)cc1. The maximum Gasteiger partial charge on any atom is 0.108 e. The molecule has 0 N–H and O–H groups in total. The minimum Gasteiger partial charge on any atom is -0.375 e. The summed E-state index contributed by atoms with van der Waals surface area (Å²) in [5.41, 5.74) is 1.58. The average Bonchev–Trinajstić information content (AvgIpc) is 2.17. The van der Waals surface area contributed by atoms with E-state index in [-0.39, 0.29) is 0 Å². The topological polar surface area (TPSA) is 32.7 Å². The molecule has 12 heavy (non-hydrogen) atoms. The highest BCUT2D eigenvalue weighted by molar-refractivity contribution is 5.52. The number of benzene rings is 1. The van der Waals surface area contributed by atoms with E-state index in [1.807, 2.05) is 19.2 Å². The minimum absolute atomic E-state index is 0.475. The van der Waals surface area contributed by atoms with Gasteiger partial charge in [-0.05, 0) is 36.4 Å². The van der Waals surface area contributed by atoms with Crippen LogP contribution in [0, 0.1) is 4.91 Å². The van der Waals surface area contributed by atoms with Crippen molar-refractivity contribution in [3.63, 3.8) is 0 Å². The van der Waals surface area contributed by atoms with Crippen LogP contribution in [0.15, 0.2) is 29.4 Å². The zero-order chi connectivity index (χ0) is 8.97. The Kier molecular flexibility index (Phi) is 2.80. The van der Waals surface area contributed by atoms with E-state index in [9.17, 15) is 4.91 Å². The van der Waals surface area contributed by atoms with E-state index in [4.69, 9.17) is 0 Å². The molecule has 0 amide bonds. The Hall–Kier alpha value is -1.38. The van der Waals surface area contributed by atoms with Gasteiger partial charge in [-0.2, -0.15) is 0 Å². The lowest BCUT2D eigenvalue weighted by molar-refractivity contribution is 0.968. The van der Waals surface area contributed by atoms with Crippen LogP contribution in [0.4, 0.5) is 11.4 Å². The molecular formula is C9H12N2O. The summed E-state index contributed by atoms with van der Waals surface area (Å²) in [4.78, 5) is 12.2. The Morgan fingerprint density at radius 2 is 1.92 bits per heavy atom. The fourth-order valence-corrected chi connectivity index (χ4v) is 0.951. The molecule has 0 heterocycles. The molecular weight excluding hydrogens is 152 g/mol. The number of rotatable bonds is 3. The summed E-state index contributed by atoms with van der Waals surface area (Å²) < 4.78 is 0. The highest BCUT2D eigenvalue weighted by atomic mass is 16.3. The van der Waals surface area contributed by atoms with E-state index in [2.05, 4.69) is 17.0 Å². The molecule has 0 radical (unpaired) electrons. The monoisotopic (exact) mass is 164 g/mol. The second-order valence-electron chi connectivity index (χ2n) is 2.62. The van der Waals surface area contributed by atoms with Gasteiger partial charge in [0.25, 0.3) is 0 Å². The fourth-order valence-electron chi connectivity index (χ4n) is 0.951. The first-order valence-corrected chi connectivity index (χ1v) is 3.92. The van der Waals surface area contributed by atoms with Gasteiger partial charge in [0.2, 0.25) is 0 Å². The van der Waals surface area contributed by atoms with Crippen LogP contribution in [-0.2, 0) is 0 Å². The standard InChI is InChI=1S/C9H12N2O/c1-3-11(2)9-6-4-8(10-12)5-7-9/h4-7H,3H2,1-2H3. The van der Waals surface area contributed by atoms with Crippen molar-refractivity contribution >= 4 is 11.4 Å². The fraction of sp³-hybridized carbons (Fsp3) is 0.333. The van der Waals surface area contributed by atoms with Gasteiger partial charge in [0.05, 0.1) is 0 Å². The zero-order valence-electron chi connectivity index (χ0n) is 7.32. The van der Waals surface area contributed by atoms with Crippen molar-refractivity contribution in [2.75, 3.05) is 18.5 Å². The van der Waals surface area contributed by atoms with Crippen molar-refractivity contribution in [2.45, 2.75) is 6.92 Å². The van der Waals surface area contributed by atoms with Crippen LogP contribution in [0.25, 0.3) is 0 Å². The number of nitrogens with zero attached hydrogens (tertiary/aromatic N) is 2. The van der Waals surface area contributed by atoms with Gasteiger partial charge in [-0.25, -0.2) is 0 Å². The maximum absolute atomic E-state index is 10.1. The predicted molar refractivity (Wildman–Crippen MR) is 50.8 cm³/mol. The van der Waals surface area contributed by atoms with E-state index in [0.29, 0.717) is 5.69 Å². The average molecular weight is 164 g/mol. The van der Waals surface area contributed by atoms with Gasteiger partial charge < -0.3 is 4.90 Å². The summed E-state index contributed by atoms with van der Waals surface area (Å²) >= 11 is 0. The summed E-state index contributed by atoms with van der Waals surface area (Å²) in [6.45, 7) is 3.03. The molecule has 0 aliphatic heterocycles. The number of hydrogen-bond donors (Lipinski definition) is 0. The maximum atomic E-state index is 10.1. The van der Waals surface area contributed by atoms with Crippen LogP contribution in [0.1, 0.15) is 6.92 Å². The third kappa shape index (κ3) is 1.81. The molecule has 1 aromatic rings. The smallest absolute Gasteiger partial charge is 0.108 e. The van der Waals surface area contributed by atoms with Crippen molar-refractivity contribution in [1.82, 2.24) is 0 Å². The summed E-state index contributed by atoms with van der Waals surface area (Å²) in [7, 11) is 2.00. The summed E-state index contributed by atoms with van der Waals surface area (Å²) in [5.74, 6) is 0. The lowest BCUT2D eigenvalue weighted by atomic mass is 10.2. The van der Waals surface area contributed by atoms with E-state index in [1.165, 1.54) is 0 Å². The predicted octanol–water partition coefficient (Wildman–Crippen LogP) is 2.54. The lowest BCUT2D eigenvalue weighted by Gasteiger charge is -2.15. The van der Waals surface area contributed by atoms with Gasteiger partial charge in [-0.1, -0.05) is 0 Å². The molecule has 0 atom stereocenters. The van der Waals surface area contributed by atoms with Crippen LogP contribution in [-0.4, -0.2) is 13.6 Å². The molecule has 3 heteroatoms. The Labute approximate surface area is 72.0 Å². The zero-order valence-corrected chi connectivity index (χ0v) is 7.32. The number of anilines is 1. The number of hydrogen-bond acceptors (Lipinski definition) is 3. The molecule has 0 spiro atoms. The summed E-state index contributed by atoms with van der Waals surface area (Å²) in [5, 5.41) is 2.83. The Morgan fingerprint density at radius 3 is 2.33 bits per heavy atom. The quantitative estimate of drug-likeness (QED) is 0.643. The molecule has 3 nitrogen and oxygen atoms in total. The van der Waals surface area contributed by atoms with Crippen molar-refractivity contribution in [1.29, 1.82) is 0 Å². The Bertz CT molecular complexity index is 256. The van der Waals surface area contributed by atoms with Gasteiger partial charge in [-0.3, -0.25) is 0 Å². The van der Waals surface area contributed by atoms with Crippen LogP contribution in [0.2, 0.25) is 0 Å². The second kappa shape index (κ2) is 3.85. The largest absolute Gasteiger partial charge is 0.375 e. The Morgan fingerprint density at radius 1 is 1.33 bits per heavy atom. The van der Waals surface area contributed by atoms with Crippen molar-refractivity contribution in [3.05, 3.63) is 29.2 Å². The molecule has 0 saturated heterocycles. The molecule has 1 aromatic carbocycles. The highest BCUT2D eigenvalue weighted by Crippen LogP contribution is 2.17. The van der Waals surface area contributed by atoms with Crippen molar-refractivity contribution in [3.8, 4) is 0 Å². The van der Waals surface area contributed by atoms with Gasteiger partial charge in [0.1, 0.15) is 5.69 Å². The van der Waals surface area contributed by atoms with Crippen LogP contribution in [0.5, 0.6) is 0 Å². The van der Waals surface area contributed by atoms with E-state index in [0.717, 1.165) is 12.2 Å². The van der Waals surface area contributed by atoms with Crippen molar-refractivity contribution < 1.29 is 0 Å². The molecule has 0 bridgehead atoms. The van der Waals surface area contributed by atoms with E-state index in [1.54, 1.807) is 12.1 Å². The molecule has 0 aromatic heterocycles. The normalized spacial score (nSPS) is 9.50. The van der Waals surface area contributed by atoms with Crippen LogP contribution >= 0.6 is 0 Å². The van der Waals surface area contributed by atoms with Crippen molar-refractivity contribution in [2.24, 2.45) is 5.18 Å². The van der Waals surface area contributed by atoms with Gasteiger partial charge in [-0.15, -0.1) is 4.91 Å². The molecule has 0 aliphatic carbocycles. The lowest BCUT2D eigenvalue weighted by Crippen LogP contribution is -2.15. The molecule has 1 rings (SSSR count). The number of nitroso groups, excluding NO2 is 1. The van der Waals surface area contributed by atoms with E-state index < -0.39 is 0 Å². The summed E-state index contributed by atoms with van der Waals surface area (Å²) in [6.07, 6.45) is 0. The molecule has 0 aliphatic rings. The first-order valence-electron chi connectivity index (χ1n) is 3.92. The third-order valence-electron chi connectivity index (χ3n) is 1.87. The first-order chi connectivity index (χ1) is 5.77. The van der Waals surface area contributed by atoms with Crippen LogP contribution in [0.3, 0.4) is 0 Å². The van der Waals surface area contributed by atoms with Gasteiger partial charge >= 0.3 is 0 Å². The van der Waals surface area contributed by atoms with Gasteiger partial charge in [0, 0.05) is 19.3 Å². The first kappa shape index (κ1) is 8.71. The minimum atomic E-state index is 0.475. The van der Waals surface area contributed by atoms with Gasteiger partial charge in [0.15, 0.2) is 0 Å². The Balaban J connectivity index is 2.84.